The second kappa shape index (κ2) is 19.2. The van der Waals surface area contributed by atoms with Crippen LogP contribution < -0.4 is 17.0 Å². The summed E-state index contributed by atoms with van der Waals surface area (Å²) >= 11 is 0. The zero-order valence-electron chi connectivity index (χ0n) is 18.9. The van der Waals surface area contributed by atoms with Crippen molar-refractivity contribution in [1.29, 1.82) is 0 Å². The third-order valence-electron chi connectivity index (χ3n) is 5.75. The van der Waals surface area contributed by atoms with E-state index < -0.39 is 0 Å². The molecule has 0 fully saturated rings. The lowest BCUT2D eigenvalue weighted by molar-refractivity contribution is -0.906. The smallest absolute Gasteiger partial charge is 0.212 e. The van der Waals surface area contributed by atoms with Gasteiger partial charge in [-0.3, -0.25) is 4.79 Å². The zero-order chi connectivity index (χ0) is 19.7. The fraction of sp³-hybridized carbons (Fsp3) is 0.875. The molecule has 27 heavy (non-hydrogen) atoms. The third kappa shape index (κ3) is 15.4. The van der Waals surface area contributed by atoms with Gasteiger partial charge in [-0.1, -0.05) is 97.5 Å². The number of carbonyl (C=O) groups is 1. The fourth-order valence-corrected chi connectivity index (χ4v) is 4.06. The summed E-state index contributed by atoms with van der Waals surface area (Å²) < 4.78 is 0.805. The molecule has 0 saturated heterocycles. The summed E-state index contributed by atoms with van der Waals surface area (Å²) in [5.41, 5.74) is 0. The van der Waals surface area contributed by atoms with Gasteiger partial charge in [-0.05, 0) is 18.9 Å². The van der Waals surface area contributed by atoms with E-state index in [-0.39, 0.29) is 28.8 Å². The summed E-state index contributed by atoms with van der Waals surface area (Å²) in [6.45, 7) is 9.24. The Balaban J connectivity index is 0. The number of halogens is 1. The van der Waals surface area contributed by atoms with E-state index in [1.807, 2.05) is 0 Å². The minimum Gasteiger partial charge on any atom is -1.00 e. The van der Waals surface area contributed by atoms with Gasteiger partial charge >= 0.3 is 0 Å². The molecule has 0 aromatic carbocycles. The first-order valence-electron chi connectivity index (χ1n) is 11.5. The molecular weight excluding hydrogens is 398 g/mol. The number of unbranched alkanes of at least 4 members (excludes halogenated alkanes) is 12. The van der Waals surface area contributed by atoms with Crippen LogP contribution in [0.5, 0.6) is 0 Å². The average molecular weight is 447 g/mol. The van der Waals surface area contributed by atoms with Crippen LogP contribution in [-0.2, 0) is 4.79 Å². The van der Waals surface area contributed by atoms with E-state index in [4.69, 9.17) is 0 Å². The van der Waals surface area contributed by atoms with Crippen LogP contribution in [0.3, 0.4) is 0 Å². The highest BCUT2D eigenvalue weighted by Crippen LogP contribution is 2.18. The van der Waals surface area contributed by atoms with Crippen LogP contribution in [0.2, 0.25) is 0 Å². The highest BCUT2D eigenvalue weighted by molar-refractivity contribution is 5.92. The van der Waals surface area contributed by atoms with E-state index in [1.165, 1.54) is 89.5 Å². The number of hydrogen-bond donors (Lipinski definition) is 0. The molecule has 0 bridgehead atoms. The first kappa shape index (κ1) is 29.1. The Kier molecular flexibility index (Phi) is 20.6. The molecule has 0 aromatic heterocycles. The minimum atomic E-state index is 0. The maximum absolute atomic E-state index is 12.2. The van der Waals surface area contributed by atoms with Crippen LogP contribution in [0.4, 0.5) is 0 Å². The van der Waals surface area contributed by atoms with Crippen molar-refractivity contribution in [2.24, 2.45) is 0 Å². The molecule has 0 aliphatic carbocycles. The van der Waals surface area contributed by atoms with Gasteiger partial charge in [0.15, 0.2) is 6.04 Å². The van der Waals surface area contributed by atoms with E-state index >= 15 is 0 Å². The predicted octanol–water partition coefficient (Wildman–Crippen LogP) is 4.08. The highest BCUT2D eigenvalue weighted by atomic mass is 79.9. The van der Waals surface area contributed by atoms with E-state index in [2.05, 4.69) is 34.5 Å². The quantitative estimate of drug-likeness (QED) is 0.166. The lowest BCUT2D eigenvalue weighted by atomic mass is 9.99. The Morgan fingerprint density at radius 2 is 1.19 bits per heavy atom. The number of rotatable bonds is 19. The summed E-state index contributed by atoms with van der Waals surface area (Å²) in [6, 6.07) is 0.0974. The maximum atomic E-state index is 12.2. The van der Waals surface area contributed by atoms with E-state index in [0.29, 0.717) is 0 Å². The summed E-state index contributed by atoms with van der Waals surface area (Å²) in [5.74, 6) is 0.224. The van der Waals surface area contributed by atoms with Gasteiger partial charge in [-0.2, -0.15) is 0 Å². The van der Waals surface area contributed by atoms with Crippen molar-refractivity contribution in [1.82, 2.24) is 0 Å². The number of hydrogen-bond acceptors (Lipinski definition) is 1. The van der Waals surface area contributed by atoms with E-state index in [9.17, 15) is 4.79 Å². The molecule has 0 heterocycles. The van der Waals surface area contributed by atoms with Gasteiger partial charge in [0.1, 0.15) is 0 Å². The highest BCUT2D eigenvalue weighted by Gasteiger charge is 2.31. The summed E-state index contributed by atoms with van der Waals surface area (Å²) in [6.07, 6.45) is 21.5. The Labute approximate surface area is 181 Å². The monoisotopic (exact) mass is 445 g/mol. The minimum absolute atomic E-state index is 0. The van der Waals surface area contributed by atoms with Crippen LogP contribution in [0.1, 0.15) is 110 Å². The van der Waals surface area contributed by atoms with Gasteiger partial charge in [-0.25, -0.2) is 0 Å². The van der Waals surface area contributed by atoms with E-state index in [0.717, 1.165) is 23.9 Å². The van der Waals surface area contributed by atoms with Crippen molar-refractivity contribution in [3.8, 4) is 0 Å². The Hall–Kier alpha value is -0.150. The number of likely N-dealkylation sites (N-methyl/N-ethyl adjacent to an activating group) is 1. The summed E-state index contributed by atoms with van der Waals surface area (Å²) in [7, 11) is 4.38. The van der Waals surface area contributed by atoms with Crippen LogP contribution in [-0.4, -0.2) is 36.9 Å². The molecular formula is C24H48BrNO. The van der Waals surface area contributed by atoms with Gasteiger partial charge in [-0.15, -0.1) is 0 Å². The normalized spacial score (nSPS) is 12.4. The topological polar surface area (TPSA) is 17.1 Å². The Morgan fingerprint density at radius 1 is 0.778 bits per heavy atom. The molecule has 162 valence electrons. The lowest BCUT2D eigenvalue weighted by Gasteiger charge is -2.36. The van der Waals surface area contributed by atoms with E-state index in [1.54, 1.807) is 0 Å². The molecule has 0 radical (unpaired) electrons. The molecule has 0 aliphatic rings. The van der Waals surface area contributed by atoms with Gasteiger partial charge in [0.05, 0.1) is 20.6 Å². The molecule has 1 unspecified atom stereocenters. The van der Waals surface area contributed by atoms with Crippen molar-refractivity contribution in [2.75, 3.05) is 20.6 Å². The third-order valence-corrected chi connectivity index (χ3v) is 5.75. The SMILES string of the molecule is C=CC(=O)C(CCCCCCCCCCCCCCC)[N+](C)(C)CCC.[Br-]. The second-order valence-electron chi connectivity index (χ2n) is 8.66. The molecule has 1 atom stereocenters. The average Bonchev–Trinajstić information content (AvgIpc) is 2.61. The number of ketones is 1. The van der Waals surface area contributed by atoms with Crippen molar-refractivity contribution >= 4 is 5.78 Å². The predicted molar refractivity (Wildman–Crippen MR) is 117 cm³/mol. The van der Waals surface area contributed by atoms with Gasteiger partial charge in [0.2, 0.25) is 5.78 Å². The molecule has 2 nitrogen and oxygen atoms in total. The van der Waals surface area contributed by atoms with Crippen LogP contribution in [0.25, 0.3) is 0 Å². The van der Waals surface area contributed by atoms with Crippen LogP contribution >= 0.6 is 0 Å². The van der Waals surface area contributed by atoms with Crippen molar-refractivity contribution in [3.63, 3.8) is 0 Å². The first-order valence-corrected chi connectivity index (χ1v) is 11.5. The van der Waals surface area contributed by atoms with Gasteiger partial charge in [0, 0.05) is 6.42 Å². The Bertz CT molecular complexity index is 354. The van der Waals surface area contributed by atoms with Gasteiger partial charge in [0.25, 0.3) is 0 Å². The number of carbonyl (C=O) groups excluding carboxylic acids is 1. The lowest BCUT2D eigenvalue weighted by Crippen LogP contribution is -3.00. The maximum Gasteiger partial charge on any atom is 0.212 e. The zero-order valence-corrected chi connectivity index (χ0v) is 20.5. The molecule has 0 spiro atoms. The second-order valence-corrected chi connectivity index (χ2v) is 8.66. The molecule has 0 saturated carbocycles. The van der Waals surface area contributed by atoms with Crippen molar-refractivity contribution in [3.05, 3.63) is 12.7 Å². The summed E-state index contributed by atoms with van der Waals surface area (Å²) in [5, 5.41) is 0. The number of quaternary nitrogens is 1. The fourth-order valence-electron chi connectivity index (χ4n) is 4.06. The largest absolute Gasteiger partial charge is 1.00 e. The molecule has 3 heteroatoms. The Morgan fingerprint density at radius 3 is 1.56 bits per heavy atom. The molecule has 0 amide bonds. The molecule has 0 aromatic rings. The number of nitrogens with zero attached hydrogens (tertiary/aromatic N) is 1. The van der Waals surface area contributed by atoms with Crippen molar-refractivity contribution < 1.29 is 26.3 Å². The van der Waals surface area contributed by atoms with Crippen LogP contribution in [0.15, 0.2) is 12.7 Å². The van der Waals surface area contributed by atoms with Crippen molar-refractivity contribution in [2.45, 2.75) is 116 Å². The van der Waals surface area contributed by atoms with Gasteiger partial charge < -0.3 is 21.5 Å². The van der Waals surface area contributed by atoms with Crippen LogP contribution in [0, 0.1) is 0 Å². The molecule has 0 N–H and O–H groups in total. The molecule has 0 rings (SSSR count). The molecule has 0 aliphatic heterocycles. The first-order chi connectivity index (χ1) is 12.5. The summed E-state index contributed by atoms with van der Waals surface area (Å²) in [4.78, 5) is 12.2. The standard InChI is InChI=1S/C24H48NO.BrH/c1-6-9-10-11-12-13-14-15-16-17-18-19-20-21-23(24(26)8-3)25(4,5)22-7-2;/h8,23H,3,6-7,9-22H2,1-2,4-5H3;1H/q+1;/p-1.